The second-order valence-corrected chi connectivity index (χ2v) is 6.41. The number of carbonyl (C=O) groups excluding carboxylic acids is 1. The summed E-state index contributed by atoms with van der Waals surface area (Å²) in [5.74, 6) is 0.676. The van der Waals surface area contributed by atoms with Crippen molar-refractivity contribution in [1.82, 2.24) is 0 Å². The molecule has 2 rings (SSSR count). The molecule has 0 spiro atoms. The van der Waals surface area contributed by atoms with Gasteiger partial charge >= 0.3 is 5.97 Å². The Morgan fingerprint density at radius 2 is 1.89 bits per heavy atom. The number of ether oxygens (including phenoxy) is 1. The predicted octanol–water partition coefficient (Wildman–Crippen LogP) is 3.41. The molecule has 0 amide bonds. The molecule has 19 heavy (non-hydrogen) atoms. The number of carbonyl (C=O) groups is 1. The lowest BCUT2D eigenvalue weighted by Crippen LogP contribution is -2.38. The van der Waals surface area contributed by atoms with Crippen LogP contribution in [0.1, 0.15) is 71.1 Å². The van der Waals surface area contributed by atoms with Crippen LogP contribution in [0.15, 0.2) is 0 Å². The molecule has 0 radical (unpaired) electrons. The summed E-state index contributed by atoms with van der Waals surface area (Å²) in [4.78, 5) is 12.3. The van der Waals surface area contributed by atoms with Crippen LogP contribution < -0.4 is 5.73 Å². The maximum atomic E-state index is 12.3. The Bertz CT molecular complexity index is 292. The van der Waals surface area contributed by atoms with Crippen LogP contribution in [0.4, 0.5) is 0 Å². The lowest BCUT2D eigenvalue weighted by Gasteiger charge is -2.30. The molecule has 0 bridgehead atoms. The summed E-state index contributed by atoms with van der Waals surface area (Å²) in [5, 5.41) is 0. The smallest absolute Gasteiger partial charge is 0.310 e. The highest BCUT2D eigenvalue weighted by Crippen LogP contribution is 2.30. The maximum absolute atomic E-state index is 12.3. The van der Waals surface area contributed by atoms with Gasteiger partial charge in [-0.15, -0.1) is 0 Å². The summed E-state index contributed by atoms with van der Waals surface area (Å²) in [6.07, 6.45) is 11.3. The minimum absolute atomic E-state index is 0.0144. The van der Waals surface area contributed by atoms with Gasteiger partial charge in [0.2, 0.25) is 0 Å². The zero-order chi connectivity index (χ0) is 13.7. The molecule has 3 heteroatoms. The molecule has 0 aliphatic heterocycles. The molecule has 4 unspecified atom stereocenters. The Kier molecular flexibility index (Phi) is 5.68. The average Bonchev–Trinajstić information content (AvgIpc) is 2.63. The van der Waals surface area contributed by atoms with E-state index in [-0.39, 0.29) is 24.0 Å². The van der Waals surface area contributed by atoms with Crippen molar-refractivity contribution in [2.75, 3.05) is 0 Å². The number of nitrogens with two attached hydrogens (primary N) is 1. The van der Waals surface area contributed by atoms with Crippen LogP contribution in [-0.4, -0.2) is 18.1 Å². The van der Waals surface area contributed by atoms with Gasteiger partial charge in [0.15, 0.2) is 0 Å². The first-order valence-electron chi connectivity index (χ1n) is 8.16. The topological polar surface area (TPSA) is 52.3 Å². The van der Waals surface area contributed by atoms with E-state index < -0.39 is 0 Å². The molecule has 0 aromatic carbocycles. The quantitative estimate of drug-likeness (QED) is 0.630. The first-order valence-corrected chi connectivity index (χ1v) is 8.16. The first-order chi connectivity index (χ1) is 9.20. The summed E-state index contributed by atoms with van der Waals surface area (Å²) >= 11 is 0. The molecule has 2 fully saturated rings. The van der Waals surface area contributed by atoms with Crippen LogP contribution in [-0.2, 0) is 9.53 Å². The lowest BCUT2D eigenvalue weighted by molar-refractivity contribution is -0.157. The fraction of sp³-hybridized carbons (Fsp3) is 0.938. The Morgan fingerprint density at radius 1 is 1.11 bits per heavy atom. The van der Waals surface area contributed by atoms with Crippen molar-refractivity contribution in [3.05, 3.63) is 0 Å². The van der Waals surface area contributed by atoms with E-state index in [0.29, 0.717) is 0 Å². The third-order valence-electron chi connectivity index (χ3n) is 4.97. The first kappa shape index (κ1) is 14.8. The summed E-state index contributed by atoms with van der Waals surface area (Å²) in [6.45, 7) is 2.23. The Labute approximate surface area is 117 Å². The van der Waals surface area contributed by atoms with Gasteiger partial charge in [0.25, 0.3) is 0 Å². The minimum Gasteiger partial charge on any atom is -0.462 e. The van der Waals surface area contributed by atoms with Gasteiger partial charge < -0.3 is 10.5 Å². The van der Waals surface area contributed by atoms with Gasteiger partial charge in [-0.25, -0.2) is 0 Å². The normalized spacial score (nSPS) is 36.5. The average molecular weight is 267 g/mol. The second kappa shape index (κ2) is 7.28. The van der Waals surface area contributed by atoms with Crippen molar-refractivity contribution >= 4 is 5.97 Å². The zero-order valence-corrected chi connectivity index (χ0v) is 12.3. The second-order valence-electron chi connectivity index (χ2n) is 6.41. The van der Waals surface area contributed by atoms with Gasteiger partial charge in [-0.3, -0.25) is 4.79 Å². The van der Waals surface area contributed by atoms with Gasteiger partial charge in [0, 0.05) is 6.04 Å². The van der Waals surface area contributed by atoms with E-state index in [1.165, 1.54) is 25.7 Å². The van der Waals surface area contributed by atoms with Gasteiger partial charge in [-0.1, -0.05) is 39.0 Å². The fourth-order valence-corrected chi connectivity index (χ4v) is 3.60. The molecule has 3 nitrogen and oxygen atoms in total. The molecule has 0 saturated heterocycles. The molecule has 0 aromatic rings. The predicted molar refractivity (Wildman–Crippen MR) is 76.7 cm³/mol. The molecule has 0 heterocycles. The number of esters is 1. The molecule has 2 aliphatic carbocycles. The Hall–Kier alpha value is -0.570. The van der Waals surface area contributed by atoms with E-state index in [1.54, 1.807) is 0 Å². The third-order valence-corrected chi connectivity index (χ3v) is 4.97. The van der Waals surface area contributed by atoms with Crippen LogP contribution in [0.25, 0.3) is 0 Å². The van der Waals surface area contributed by atoms with Crippen molar-refractivity contribution in [2.24, 2.45) is 17.6 Å². The SMILES string of the molecule is CCC1CCCC(OC(=O)C2CCCCCC2N)C1. The molecule has 2 aliphatic rings. The van der Waals surface area contributed by atoms with Crippen LogP contribution in [0.3, 0.4) is 0 Å². The van der Waals surface area contributed by atoms with E-state index in [1.807, 2.05) is 0 Å². The molecule has 0 aromatic heterocycles. The van der Waals surface area contributed by atoms with E-state index in [2.05, 4.69) is 6.92 Å². The largest absolute Gasteiger partial charge is 0.462 e. The Balaban J connectivity index is 1.85. The van der Waals surface area contributed by atoms with Gasteiger partial charge in [0.1, 0.15) is 6.10 Å². The van der Waals surface area contributed by atoms with Crippen molar-refractivity contribution in [3.63, 3.8) is 0 Å². The zero-order valence-electron chi connectivity index (χ0n) is 12.3. The Morgan fingerprint density at radius 3 is 2.68 bits per heavy atom. The van der Waals surface area contributed by atoms with Crippen molar-refractivity contribution in [2.45, 2.75) is 83.3 Å². The van der Waals surface area contributed by atoms with Gasteiger partial charge in [-0.2, -0.15) is 0 Å². The van der Waals surface area contributed by atoms with Crippen LogP contribution >= 0.6 is 0 Å². The molecule has 2 saturated carbocycles. The monoisotopic (exact) mass is 267 g/mol. The van der Waals surface area contributed by atoms with Crippen molar-refractivity contribution in [3.8, 4) is 0 Å². The fourth-order valence-electron chi connectivity index (χ4n) is 3.60. The highest BCUT2D eigenvalue weighted by atomic mass is 16.5. The maximum Gasteiger partial charge on any atom is 0.310 e. The number of hydrogen-bond donors (Lipinski definition) is 1. The molecular weight excluding hydrogens is 238 g/mol. The van der Waals surface area contributed by atoms with E-state index in [9.17, 15) is 4.79 Å². The standard InChI is InChI=1S/C16H29NO2/c1-2-12-7-6-8-13(11-12)19-16(18)14-9-4-3-5-10-15(14)17/h12-15H,2-11,17H2,1H3. The highest BCUT2D eigenvalue weighted by molar-refractivity contribution is 5.73. The lowest BCUT2D eigenvalue weighted by atomic mass is 9.85. The summed E-state index contributed by atoms with van der Waals surface area (Å²) in [5.41, 5.74) is 6.14. The number of hydrogen-bond acceptors (Lipinski definition) is 3. The molecule has 110 valence electrons. The third kappa shape index (κ3) is 4.20. The van der Waals surface area contributed by atoms with Crippen LogP contribution in [0.2, 0.25) is 0 Å². The molecule has 4 atom stereocenters. The van der Waals surface area contributed by atoms with Gasteiger partial charge in [0.05, 0.1) is 5.92 Å². The highest BCUT2D eigenvalue weighted by Gasteiger charge is 2.31. The molecule has 2 N–H and O–H groups in total. The van der Waals surface area contributed by atoms with Crippen LogP contribution in [0.5, 0.6) is 0 Å². The summed E-state index contributed by atoms with van der Waals surface area (Å²) in [7, 11) is 0. The summed E-state index contributed by atoms with van der Waals surface area (Å²) in [6, 6.07) is 0.0144. The number of rotatable bonds is 3. The van der Waals surface area contributed by atoms with E-state index in [4.69, 9.17) is 10.5 Å². The van der Waals surface area contributed by atoms with E-state index >= 15 is 0 Å². The van der Waals surface area contributed by atoms with Gasteiger partial charge in [-0.05, 0) is 38.0 Å². The summed E-state index contributed by atoms with van der Waals surface area (Å²) < 4.78 is 5.77. The van der Waals surface area contributed by atoms with Crippen molar-refractivity contribution in [1.29, 1.82) is 0 Å². The molecular formula is C16H29NO2. The van der Waals surface area contributed by atoms with Crippen LogP contribution in [0, 0.1) is 11.8 Å². The van der Waals surface area contributed by atoms with Crippen molar-refractivity contribution < 1.29 is 9.53 Å². The minimum atomic E-state index is -0.0514. The van der Waals surface area contributed by atoms with E-state index in [0.717, 1.165) is 44.4 Å².